The lowest BCUT2D eigenvalue weighted by molar-refractivity contribution is -0.300. The van der Waals surface area contributed by atoms with E-state index in [9.17, 15) is 17.6 Å². The molecule has 8 heteroatoms. The number of hydrogen-bond donors (Lipinski definition) is 1. The van der Waals surface area contributed by atoms with Gasteiger partial charge in [0, 0.05) is 17.3 Å². The van der Waals surface area contributed by atoms with E-state index in [4.69, 9.17) is 10.5 Å². The van der Waals surface area contributed by atoms with Crippen molar-refractivity contribution in [1.29, 1.82) is 0 Å². The van der Waals surface area contributed by atoms with Crippen molar-refractivity contribution in [3.05, 3.63) is 95.4 Å². The molecular formula is C31H31F4N3O. The van der Waals surface area contributed by atoms with Crippen LogP contribution in [-0.2, 0) is 23.2 Å². The van der Waals surface area contributed by atoms with Crippen molar-refractivity contribution in [1.82, 2.24) is 9.78 Å². The molecule has 4 aromatic rings. The molecule has 204 valence electrons. The van der Waals surface area contributed by atoms with Crippen molar-refractivity contribution in [3.63, 3.8) is 0 Å². The van der Waals surface area contributed by atoms with Gasteiger partial charge in [-0.25, -0.2) is 9.07 Å². The van der Waals surface area contributed by atoms with Crippen molar-refractivity contribution >= 4 is 10.9 Å². The molecular weight excluding hydrogens is 506 g/mol. The van der Waals surface area contributed by atoms with Crippen LogP contribution < -0.4 is 5.73 Å². The van der Waals surface area contributed by atoms with Gasteiger partial charge in [-0.05, 0) is 97.5 Å². The molecule has 0 aliphatic heterocycles. The Morgan fingerprint density at radius 2 is 1.79 bits per heavy atom. The number of nitrogens with zero attached hydrogens (tertiary/aromatic N) is 2. The first kappa shape index (κ1) is 26.0. The summed E-state index contributed by atoms with van der Waals surface area (Å²) in [5.74, 6) is -0.584. The topological polar surface area (TPSA) is 53.1 Å². The molecule has 1 aromatic heterocycles. The molecule has 1 heterocycles. The average molecular weight is 538 g/mol. The highest BCUT2D eigenvalue weighted by atomic mass is 19.4. The summed E-state index contributed by atoms with van der Waals surface area (Å²) in [7, 11) is 0. The van der Waals surface area contributed by atoms with Crippen LogP contribution in [0.3, 0.4) is 0 Å². The number of ether oxygens (including phenoxy) is 1. The largest absolute Gasteiger partial charge is 0.417 e. The van der Waals surface area contributed by atoms with E-state index < -0.39 is 17.2 Å². The number of alkyl halides is 3. The molecule has 0 bridgehead atoms. The van der Waals surface area contributed by atoms with Gasteiger partial charge in [0.25, 0.3) is 0 Å². The predicted molar refractivity (Wildman–Crippen MR) is 142 cm³/mol. The minimum atomic E-state index is -4.49. The van der Waals surface area contributed by atoms with Gasteiger partial charge in [0.15, 0.2) is 5.60 Å². The van der Waals surface area contributed by atoms with Crippen LogP contribution in [-0.4, -0.2) is 28.1 Å². The quantitative estimate of drug-likeness (QED) is 0.279. The average Bonchev–Trinajstić information content (AvgIpc) is 3.28. The highest BCUT2D eigenvalue weighted by molar-refractivity contribution is 5.82. The molecule has 0 amide bonds. The Bertz CT molecular complexity index is 1470. The second-order valence-electron chi connectivity index (χ2n) is 11.0. The van der Waals surface area contributed by atoms with Crippen molar-refractivity contribution in [3.8, 4) is 5.69 Å². The normalized spacial score (nSPS) is 25.2. The molecule has 3 atom stereocenters. The predicted octanol–water partition coefficient (Wildman–Crippen LogP) is 7.02. The minimum absolute atomic E-state index is 0.0809. The maximum atomic E-state index is 14.7. The van der Waals surface area contributed by atoms with Crippen LogP contribution in [0.5, 0.6) is 0 Å². The summed E-state index contributed by atoms with van der Waals surface area (Å²) in [6.45, 7) is 0.192. The fourth-order valence-corrected chi connectivity index (χ4v) is 6.82. The molecule has 6 rings (SSSR count). The zero-order chi connectivity index (χ0) is 27.3. The summed E-state index contributed by atoms with van der Waals surface area (Å²) in [5.41, 5.74) is 8.20. The Hall–Kier alpha value is -3.23. The van der Waals surface area contributed by atoms with Gasteiger partial charge in [0.2, 0.25) is 0 Å². The Morgan fingerprint density at radius 3 is 2.51 bits per heavy atom. The highest BCUT2D eigenvalue weighted by Crippen LogP contribution is 2.56. The lowest BCUT2D eigenvalue weighted by atomic mass is 9.57. The first-order valence-electron chi connectivity index (χ1n) is 13.5. The van der Waals surface area contributed by atoms with Crippen LogP contribution in [0.2, 0.25) is 0 Å². The summed E-state index contributed by atoms with van der Waals surface area (Å²) in [5, 5.41) is 5.43. The number of halogens is 4. The number of nitrogens with two attached hydrogens (primary N) is 1. The third-order valence-corrected chi connectivity index (χ3v) is 8.97. The van der Waals surface area contributed by atoms with E-state index in [-0.39, 0.29) is 37.7 Å². The van der Waals surface area contributed by atoms with Crippen LogP contribution in [0.4, 0.5) is 17.6 Å². The molecule has 3 aromatic carbocycles. The maximum Gasteiger partial charge on any atom is 0.417 e. The van der Waals surface area contributed by atoms with E-state index >= 15 is 0 Å². The van der Waals surface area contributed by atoms with Gasteiger partial charge in [0.1, 0.15) is 5.82 Å². The fraction of sp³-hybridized carbons (Fsp3) is 0.387. The third kappa shape index (κ3) is 4.43. The van der Waals surface area contributed by atoms with Gasteiger partial charge < -0.3 is 10.5 Å². The van der Waals surface area contributed by atoms with Crippen LogP contribution in [0.15, 0.2) is 72.9 Å². The summed E-state index contributed by atoms with van der Waals surface area (Å²) >= 11 is 0. The van der Waals surface area contributed by atoms with E-state index in [1.165, 1.54) is 12.1 Å². The van der Waals surface area contributed by atoms with Gasteiger partial charge in [-0.2, -0.15) is 18.3 Å². The second kappa shape index (κ2) is 9.75. The van der Waals surface area contributed by atoms with Gasteiger partial charge >= 0.3 is 6.18 Å². The first-order valence-corrected chi connectivity index (χ1v) is 13.5. The molecule has 1 saturated carbocycles. The Labute approximate surface area is 224 Å². The van der Waals surface area contributed by atoms with Gasteiger partial charge in [-0.1, -0.05) is 30.3 Å². The number of fused-ring (bicyclic) bond motifs is 4. The monoisotopic (exact) mass is 537 g/mol. The molecule has 1 fully saturated rings. The minimum Gasteiger partial charge on any atom is -0.361 e. The zero-order valence-corrected chi connectivity index (χ0v) is 21.6. The second-order valence-corrected chi connectivity index (χ2v) is 11.0. The van der Waals surface area contributed by atoms with Crippen molar-refractivity contribution in [2.75, 3.05) is 6.54 Å². The number of aryl methyl sites for hydroxylation is 1. The Morgan fingerprint density at radius 1 is 1.03 bits per heavy atom. The zero-order valence-electron chi connectivity index (χ0n) is 21.6. The number of aromatic nitrogens is 2. The van der Waals surface area contributed by atoms with E-state index in [0.717, 1.165) is 46.1 Å². The third-order valence-electron chi connectivity index (χ3n) is 8.97. The molecule has 2 N–H and O–H groups in total. The van der Waals surface area contributed by atoms with Crippen molar-refractivity contribution in [2.24, 2.45) is 11.7 Å². The molecule has 2 aliphatic carbocycles. The van der Waals surface area contributed by atoms with Gasteiger partial charge in [0.05, 0.1) is 24.0 Å². The summed E-state index contributed by atoms with van der Waals surface area (Å²) < 4.78 is 65.2. The Kier molecular flexibility index (Phi) is 6.50. The van der Waals surface area contributed by atoms with E-state index in [1.54, 1.807) is 47.3 Å². The van der Waals surface area contributed by atoms with Crippen LogP contribution in [0.25, 0.3) is 16.6 Å². The number of benzene rings is 3. The summed E-state index contributed by atoms with van der Waals surface area (Å²) in [4.78, 5) is 0. The Balaban J connectivity index is 1.37. The molecule has 0 radical (unpaired) electrons. The van der Waals surface area contributed by atoms with E-state index in [1.807, 2.05) is 6.07 Å². The lowest BCUT2D eigenvalue weighted by Crippen LogP contribution is -2.58. The smallest absolute Gasteiger partial charge is 0.361 e. The van der Waals surface area contributed by atoms with E-state index in [0.29, 0.717) is 12.8 Å². The van der Waals surface area contributed by atoms with E-state index in [2.05, 4.69) is 17.2 Å². The first-order chi connectivity index (χ1) is 18.7. The molecule has 2 aliphatic rings. The van der Waals surface area contributed by atoms with Crippen LogP contribution in [0.1, 0.15) is 48.8 Å². The van der Waals surface area contributed by atoms with Gasteiger partial charge in [-0.3, -0.25) is 0 Å². The maximum absolute atomic E-state index is 14.7. The molecule has 39 heavy (non-hydrogen) atoms. The van der Waals surface area contributed by atoms with Crippen LogP contribution in [0, 0.1) is 11.7 Å². The standard InChI is InChI=1S/C31H31F4N3O/c32-25-9-11-26(12-10-25)38-28-16-22-7-4-8-24-17-30(31(33,34)35,39-19-21-5-2-1-3-6-21)14-13-29(24,20-36)27(22)15-23(28)18-37-38/h1-3,5-6,9-12,15-16,18,24H,4,7-8,13-14,17,19-20,36H2/t24-,29+,30-/m1/s1. The van der Waals surface area contributed by atoms with Crippen molar-refractivity contribution < 1.29 is 22.3 Å². The van der Waals surface area contributed by atoms with Crippen molar-refractivity contribution in [2.45, 2.75) is 62.3 Å². The molecule has 0 unspecified atom stereocenters. The summed E-state index contributed by atoms with van der Waals surface area (Å²) in [6.07, 6.45) is -0.501. The molecule has 0 spiro atoms. The fourth-order valence-electron chi connectivity index (χ4n) is 6.82. The molecule has 0 saturated heterocycles. The summed E-state index contributed by atoms with van der Waals surface area (Å²) in [6, 6.07) is 19.4. The highest BCUT2D eigenvalue weighted by Gasteiger charge is 2.62. The van der Waals surface area contributed by atoms with Crippen LogP contribution >= 0.6 is 0 Å². The SMILES string of the molecule is NC[C@@]12CC[C@](OCc3ccccc3)(C(F)(F)F)C[C@H]1CCCc1cc3c(cnn3-c3ccc(F)cc3)cc12. The number of rotatable bonds is 5. The lowest BCUT2D eigenvalue weighted by Gasteiger charge is -2.51. The van der Waals surface area contributed by atoms with Gasteiger partial charge in [-0.15, -0.1) is 0 Å². The molecule has 4 nitrogen and oxygen atoms in total. The number of hydrogen-bond acceptors (Lipinski definition) is 3.